The largest absolute Gasteiger partial charge is 0.478 e. The maximum Gasteiger partial charge on any atom is 0.328 e. The molecule has 23 heavy (non-hydrogen) atoms. The van der Waals surface area contributed by atoms with Crippen LogP contribution in [0.25, 0.3) is 17.1 Å². The zero-order valence-electron chi connectivity index (χ0n) is 13.4. The highest BCUT2D eigenvalue weighted by Gasteiger charge is 2.43. The van der Waals surface area contributed by atoms with Crippen molar-refractivity contribution in [1.82, 2.24) is 9.55 Å². The van der Waals surface area contributed by atoms with E-state index in [1.165, 1.54) is 0 Å². The Morgan fingerprint density at radius 3 is 2.70 bits per heavy atom. The fraction of sp³-hybridized carbons (Fsp3) is 0.389. The summed E-state index contributed by atoms with van der Waals surface area (Å²) >= 11 is 0. The SMILES string of the molecule is CC(=O)CC1(c2nc3ccc(/C=C/C(=O)O)cc3n2C)CCC1. The molecule has 0 bridgehead atoms. The molecule has 0 amide bonds. The number of carboxylic acid groups (broad SMARTS) is 1. The van der Waals surface area contributed by atoms with E-state index < -0.39 is 5.97 Å². The van der Waals surface area contributed by atoms with Gasteiger partial charge in [-0.1, -0.05) is 12.5 Å². The predicted octanol–water partition coefficient (Wildman–Crippen LogP) is 3.07. The van der Waals surface area contributed by atoms with Crippen LogP contribution in [0.3, 0.4) is 0 Å². The molecule has 0 atom stereocenters. The van der Waals surface area contributed by atoms with Crippen molar-refractivity contribution in [1.29, 1.82) is 0 Å². The van der Waals surface area contributed by atoms with Crippen LogP contribution in [0, 0.1) is 0 Å². The molecule has 1 aliphatic carbocycles. The summed E-state index contributed by atoms with van der Waals surface area (Å²) in [6, 6.07) is 5.70. The summed E-state index contributed by atoms with van der Waals surface area (Å²) in [5, 5.41) is 8.74. The first-order chi connectivity index (χ1) is 10.9. The maximum atomic E-state index is 11.7. The molecule has 1 fully saturated rings. The number of hydrogen-bond donors (Lipinski definition) is 1. The lowest BCUT2D eigenvalue weighted by Gasteiger charge is -2.40. The van der Waals surface area contributed by atoms with Crippen LogP contribution < -0.4 is 0 Å². The molecule has 1 saturated carbocycles. The fourth-order valence-corrected chi connectivity index (χ4v) is 3.51. The number of hydrogen-bond acceptors (Lipinski definition) is 3. The van der Waals surface area contributed by atoms with E-state index in [1.807, 2.05) is 25.2 Å². The first-order valence-electron chi connectivity index (χ1n) is 7.79. The number of carboxylic acids is 1. The third-order valence-corrected chi connectivity index (χ3v) is 4.70. The van der Waals surface area contributed by atoms with Gasteiger partial charge in [0.05, 0.1) is 11.0 Å². The molecule has 0 radical (unpaired) electrons. The molecule has 120 valence electrons. The summed E-state index contributed by atoms with van der Waals surface area (Å²) < 4.78 is 2.05. The molecule has 1 N–H and O–H groups in total. The molecule has 0 spiro atoms. The van der Waals surface area contributed by atoms with E-state index in [1.54, 1.807) is 13.0 Å². The van der Waals surface area contributed by atoms with Gasteiger partial charge in [-0.3, -0.25) is 4.79 Å². The molecular formula is C18H20N2O3. The molecule has 5 heteroatoms. The van der Waals surface area contributed by atoms with Gasteiger partial charge < -0.3 is 9.67 Å². The molecule has 1 aromatic carbocycles. The van der Waals surface area contributed by atoms with E-state index in [9.17, 15) is 9.59 Å². The van der Waals surface area contributed by atoms with Crippen LogP contribution in [0.2, 0.25) is 0 Å². The van der Waals surface area contributed by atoms with Gasteiger partial charge in [0.25, 0.3) is 0 Å². The Morgan fingerprint density at radius 1 is 1.39 bits per heavy atom. The number of Topliss-reactive ketones (excluding diaryl/α,β-unsaturated/α-hetero) is 1. The summed E-state index contributed by atoms with van der Waals surface area (Å²) in [7, 11) is 1.97. The molecular weight excluding hydrogens is 292 g/mol. The second-order valence-corrected chi connectivity index (χ2v) is 6.43. The minimum absolute atomic E-state index is 0.128. The molecule has 0 saturated heterocycles. The molecule has 1 aliphatic rings. The van der Waals surface area contributed by atoms with Crippen LogP contribution in [0.15, 0.2) is 24.3 Å². The highest BCUT2D eigenvalue weighted by atomic mass is 16.4. The molecule has 5 nitrogen and oxygen atoms in total. The molecule has 3 rings (SSSR count). The van der Waals surface area contributed by atoms with Gasteiger partial charge in [-0.2, -0.15) is 0 Å². The Morgan fingerprint density at radius 2 is 2.13 bits per heavy atom. The summed E-state index contributed by atoms with van der Waals surface area (Å²) in [6.07, 6.45) is 6.36. The predicted molar refractivity (Wildman–Crippen MR) is 88.2 cm³/mol. The van der Waals surface area contributed by atoms with E-state index in [4.69, 9.17) is 10.1 Å². The van der Waals surface area contributed by atoms with Crippen LogP contribution in [0.1, 0.15) is 44.0 Å². The zero-order chi connectivity index (χ0) is 16.6. The number of benzene rings is 1. The van der Waals surface area contributed by atoms with Gasteiger partial charge in [-0.15, -0.1) is 0 Å². The highest BCUT2D eigenvalue weighted by Crippen LogP contribution is 2.46. The first kappa shape index (κ1) is 15.5. The number of ketones is 1. The van der Waals surface area contributed by atoms with Gasteiger partial charge in [0.15, 0.2) is 0 Å². The van der Waals surface area contributed by atoms with E-state index >= 15 is 0 Å². The Balaban J connectivity index is 2.05. The molecule has 1 aromatic heterocycles. The van der Waals surface area contributed by atoms with E-state index in [0.29, 0.717) is 6.42 Å². The zero-order valence-corrected chi connectivity index (χ0v) is 13.4. The number of imidazole rings is 1. The molecule has 2 aromatic rings. The minimum atomic E-state index is -0.967. The smallest absolute Gasteiger partial charge is 0.328 e. The number of rotatable bonds is 5. The quantitative estimate of drug-likeness (QED) is 0.861. The van der Waals surface area contributed by atoms with E-state index in [2.05, 4.69) is 4.57 Å². The van der Waals surface area contributed by atoms with Crippen LogP contribution in [-0.2, 0) is 22.1 Å². The standard InChI is InChI=1S/C18H20N2O3/c1-12(21)11-18(8-3-9-18)17-19-14-6-4-13(5-7-16(22)23)10-15(14)20(17)2/h4-7,10H,3,8-9,11H2,1-2H3,(H,22,23)/b7-5+. The summed E-state index contributed by atoms with van der Waals surface area (Å²) in [4.78, 5) is 27.1. The van der Waals surface area contributed by atoms with E-state index in [-0.39, 0.29) is 11.2 Å². The van der Waals surface area contributed by atoms with Gasteiger partial charge in [-0.05, 0) is 43.5 Å². The fourth-order valence-electron chi connectivity index (χ4n) is 3.51. The van der Waals surface area contributed by atoms with Crippen molar-refractivity contribution in [2.45, 2.75) is 38.0 Å². The molecule has 0 aliphatic heterocycles. The lowest BCUT2D eigenvalue weighted by Crippen LogP contribution is -2.38. The number of aliphatic carboxylic acids is 1. The number of fused-ring (bicyclic) bond motifs is 1. The van der Waals surface area contributed by atoms with Crippen molar-refractivity contribution < 1.29 is 14.7 Å². The third-order valence-electron chi connectivity index (χ3n) is 4.70. The summed E-state index contributed by atoms with van der Waals surface area (Å²) in [5.41, 5.74) is 2.53. The summed E-state index contributed by atoms with van der Waals surface area (Å²) in [6.45, 7) is 1.64. The Kier molecular flexibility index (Phi) is 3.80. The van der Waals surface area contributed by atoms with Crippen molar-refractivity contribution in [3.05, 3.63) is 35.7 Å². The minimum Gasteiger partial charge on any atom is -0.478 e. The van der Waals surface area contributed by atoms with Gasteiger partial charge in [0.1, 0.15) is 11.6 Å². The van der Waals surface area contributed by atoms with Gasteiger partial charge >= 0.3 is 5.97 Å². The van der Waals surface area contributed by atoms with Gasteiger partial charge in [0, 0.05) is 25.0 Å². The van der Waals surface area contributed by atoms with Crippen LogP contribution >= 0.6 is 0 Å². The lowest BCUT2D eigenvalue weighted by atomic mass is 9.65. The van der Waals surface area contributed by atoms with Crippen molar-refractivity contribution in [2.24, 2.45) is 7.05 Å². The number of carbonyl (C=O) groups excluding carboxylic acids is 1. The second-order valence-electron chi connectivity index (χ2n) is 6.43. The Bertz CT molecular complexity index is 813. The average molecular weight is 312 g/mol. The summed E-state index contributed by atoms with van der Waals surface area (Å²) in [5.74, 6) is 0.195. The van der Waals surface area contributed by atoms with E-state index in [0.717, 1.165) is 47.8 Å². The number of nitrogens with zero attached hydrogens (tertiary/aromatic N) is 2. The number of aromatic nitrogens is 2. The highest BCUT2D eigenvalue weighted by molar-refractivity contribution is 5.87. The van der Waals surface area contributed by atoms with Gasteiger partial charge in [-0.25, -0.2) is 9.78 Å². The molecule has 0 unspecified atom stereocenters. The van der Waals surface area contributed by atoms with Crippen LogP contribution in [0.5, 0.6) is 0 Å². The van der Waals surface area contributed by atoms with Crippen molar-refractivity contribution in [3.63, 3.8) is 0 Å². The lowest BCUT2D eigenvalue weighted by molar-refractivity contribution is -0.131. The number of carbonyl (C=O) groups is 2. The van der Waals surface area contributed by atoms with Gasteiger partial charge in [0.2, 0.25) is 0 Å². The van der Waals surface area contributed by atoms with Crippen LogP contribution in [-0.4, -0.2) is 26.4 Å². The van der Waals surface area contributed by atoms with Crippen molar-refractivity contribution >= 4 is 28.9 Å². The normalized spacial score (nSPS) is 16.6. The van der Waals surface area contributed by atoms with Crippen molar-refractivity contribution in [2.75, 3.05) is 0 Å². The topological polar surface area (TPSA) is 72.2 Å². The third kappa shape index (κ3) is 2.79. The molecule has 1 heterocycles. The second kappa shape index (κ2) is 5.65. The Hall–Kier alpha value is -2.43. The van der Waals surface area contributed by atoms with Crippen molar-refractivity contribution in [3.8, 4) is 0 Å². The number of aryl methyl sites for hydroxylation is 1. The average Bonchev–Trinajstić information content (AvgIpc) is 2.78. The maximum absolute atomic E-state index is 11.7. The van der Waals surface area contributed by atoms with Crippen LogP contribution in [0.4, 0.5) is 0 Å². The Labute approximate surface area is 134 Å². The first-order valence-corrected chi connectivity index (χ1v) is 7.79. The monoisotopic (exact) mass is 312 g/mol.